The smallest absolute Gasteiger partial charge is 0.269 e. The van der Waals surface area contributed by atoms with Gasteiger partial charge in [0, 0.05) is 16.8 Å². The number of hydrogen-bond acceptors (Lipinski definition) is 4. The third-order valence-electron chi connectivity index (χ3n) is 4.51. The Bertz CT molecular complexity index is 1170. The number of hydrazine groups is 1. The minimum Gasteiger partial charge on any atom is -0.280 e. The van der Waals surface area contributed by atoms with Gasteiger partial charge in [0.05, 0.1) is 4.90 Å². The van der Waals surface area contributed by atoms with Crippen LogP contribution in [0.4, 0.5) is 5.69 Å². The monoisotopic (exact) mass is 423 g/mol. The maximum Gasteiger partial charge on any atom is 0.269 e. The summed E-state index contributed by atoms with van der Waals surface area (Å²) in [6, 6.07) is 19.2. The van der Waals surface area contributed by atoms with Gasteiger partial charge in [-0.3, -0.25) is 25.2 Å². The first-order chi connectivity index (χ1) is 14.3. The maximum absolute atomic E-state index is 12.6. The zero-order chi connectivity index (χ0) is 21.7. The van der Waals surface area contributed by atoms with Gasteiger partial charge in [-0.1, -0.05) is 24.3 Å². The molecule has 0 heterocycles. The van der Waals surface area contributed by atoms with Crippen LogP contribution in [0.5, 0.6) is 0 Å². The predicted molar refractivity (Wildman–Crippen MR) is 115 cm³/mol. The third-order valence-corrected chi connectivity index (χ3v) is 5.89. The average Bonchev–Trinajstić information content (AvgIpc) is 2.74. The number of hydrogen-bond donors (Lipinski definition) is 3. The van der Waals surface area contributed by atoms with Gasteiger partial charge in [-0.15, -0.1) is 0 Å². The molecule has 7 nitrogen and oxygen atoms in total. The van der Waals surface area contributed by atoms with E-state index in [1.807, 2.05) is 13.8 Å². The molecule has 3 aromatic rings. The van der Waals surface area contributed by atoms with Crippen molar-refractivity contribution in [3.8, 4) is 0 Å². The van der Waals surface area contributed by atoms with E-state index in [2.05, 4.69) is 15.6 Å². The highest BCUT2D eigenvalue weighted by molar-refractivity contribution is 7.92. The van der Waals surface area contributed by atoms with Crippen LogP contribution in [-0.4, -0.2) is 20.2 Å². The molecule has 0 radical (unpaired) electrons. The molecular weight excluding hydrogens is 402 g/mol. The van der Waals surface area contributed by atoms with Gasteiger partial charge < -0.3 is 0 Å². The lowest BCUT2D eigenvalue weighted by molar-refractivity contribution is 0.0846. The van der Waals surface area contributed by atoms with Gasteiger partial charge in [-0.05, 0) is 73.5 Å². The number of benzene rings is 3. The molecule has 154 valence electrons. The average molecular weight is 423 g/mol. The van der Waals surface area contributed by atoms with Gasteiger partial charge in [0.15, 0.2) is 0 Å². The van der Waals surface area contributed by atoms with Crippen molar-refractivity contribution in [1.82, 2.24) is 10.9 Å². The molecular formula is C22H21N3O4S. The zero-order valence-corrected chi connectivity index (χ0v) is 17.3. The van der Waals surface area contributed by atoms with Crippen molar-refractivity contribution in [2.45, 2.75) is 18.7 Å². The standard InChI is InChI=1S/C22H21N3O4S/c1-15-8-13-20(14-16(15)2)30(28,29)25-19-11-9-18(10-12-19)22(27)24-23-21(26)17-6-4-3-5-7-17/h3-14,25H,1-2H3,(H,23,26)(H,24,27). The van der Waals surface area contributed by atoms with E-state index in [1.54, 1.807) is 48.5 Å². The zero-order valence-electron chi connectivity index (χ0n) is 16.5. The Morgan fingerprint density at radius 3 is 1.83 bits per heavy atom. The van der Waals surface area contributed by atoms with Crippen molar-refractivity contribution in [2.75, 3.05) is 4.72 Å². The summed E-state index contributed by atoms with van der Waals surface area (Å²) in [5.74, 6) is -0.968. The molecule has 0 unspecified atom stereocenters. The van der Waals surface area contributed by atoms with Crippen LogP contribution < -0.4 is 15.6 Å². The molecule has 2 amide bonds. The fourth-order valence-corrected chi connectivity index (χ4v) is 3.78. The molecule has 0 saturated heterocycles. The Labute approximate surface area is 175 Å². The van der Waals surface area contributed by atoms with Gasteiger partial charge in [0.2, 0.25) is 0 Å². The highest BCUT2D eigenvalue weighted by Gasteiger charge is 2.15. The highest BCUT2D eigenvalue weighted by Crippen LogP contribution is 2.19. The SMILES string of the molecule is Cc1ccc(S(=O)(=O)Nc2ccc(C(=O)NNC(=O)c3ccccc3)cc2)cc1C. The first-order valence-electron chi connectivity index (χ1n) is 9.12. The fourth-order valence-electron chi connectivity index (χ4n) is 2.63. The van der Waals surface area contributed by atoms with Crippen LogP contribution in [0, 0.1) is 13.8 Å². The summed E-state index contributed by atoms with van der Waals surface area (Å²) in [4.78, 5) is 24.3. The van der Waals surface area contributed by atoms with E-state index >= 15 is 0 Å². The molecule has 0 spiro atoms. The van der Waals surface area contributed by atoms with E-state index < -0.39 is 21.8 Å². The number of aryl methyl sites for hydroxylation is 2. The number of carbonyl (C=O) groups is 2. The second kappa shape index (κ2) is 8.79. The van der Waals surface area contributed by atoms with Gasteiger partial charge in [-0.25, -0.2) is 8.42 Å². The molecule has 0 bridgehead atoms. The van der Waals surface area contributed by atoms with E-state index in [4.69, 9.17) is 0 Å². The molecule has 3 N–H and O–H groups in total. The van der Waals surface area contributed by atoms with Crippen LogP contribution in [0.25, 0.3) is 0 Å². The number of anilines is 1. The fraction of sp³-hybridized carbons (Fsp3) is 0.0909. The van der Waals surface area contributed by atoms with Crippen LogP contribution in [0.1, 0.15) is 31.8 Å². The van der Waals surface area contributed by atoms with Gasteiger partial charge in [0.25, 0.3) is 21.8 Å². The Balaban J connectivity index is 1.63. The van der Waals surface area contributed by atoms with Gasteiger partial charge >= 0.3 is 0 Å². The lowest BCUT2D eigenvalue weighted by atomic mass is 10.1. The summed E-state index contributed by atoms with van der Waals surface area (Å²) < 4.78 is 27.6. The largest absolute Gasteiger partial charge is 0.280 e. The first-order valence-corrected chi connectivity index (χ1v) is 10.6. The number of nitrogens with one attached hydrogen (secondary N) is 3. The van der Waals surface area contributed by atoms with Crippen LogP contribution in [0.2, 0.25) is 0 Å². The number of carbonyl (C=O) groups excluding carboxylic acids is 2. The molecule has 0 aliphatic heterocycles. The topological polar surface area (TPSA) is 104 Å². The predicted octanol–water partition coefficient (Wildman–Crippen LogP) is 3.18. The second-order valence-electron chi connectivity index (χ2n) is 6.70. The van der Waals surface area contributed by atoms with Crippen LogP contribution >= 0.6 is 0 Å². The molecule has 0 aromatic heterocycles. The summed E-state index contributed by atoms with van der Waals surface area (Å²) >= 11 is 0. The van der Waals surface area contributed by atoms with E-state index in [0.29, 0.717) is 11.3 Å². The summed E-state index contributed by atoms with van der Waals surface area (Å²) in [5.41, 5.74) is 7.53. The Hall–Kier alpha value is -3.65. The summed E-state index contributed by atoms with van der Waals surface area (Å²) in [6.07, 6.45) is 0. The highest BCUT2D eigenvalue weighted by atomic mass is 32.2. The molecule has 30 heavy (non-hydrogen) atoms. The molecule has 3 aromatic carbocycles. The quantitative estimate of drug-likeness (QED) is 0.548. The minimum absolute atomic E-state index is 0.163. The second-order valence-corrected chi connectivity index (χ2v) is 8.39. The van der Waals surface area contributed by atoms with Crippen LogP contribution in [0.3, 0.4) is 0 Å². The maximum atomic E-state index is 12.6. The van der Waals surface area contributed by atoms with Crippen molar-refractivity contribution >= 4 is 27.5 Å². The summed E-state index contributed by atoms with van der Waals surface area (Å²) in [7, 11) is -3.75. The Morgan fingerprint density at radius 2 is 1.27 bits per heavy atom. The summed E-state index contributed by atoms with van der Waals surface area (Å²) in [5, 5.41) is 0. The van der Waals surface area contributed by atoms with Crippen LogP contribution in [-0.2, 0) is 10.0 Å². The van der Waals surface area contributed by atoms with Crippen molar-refractivity contribution < 1.29 is 18.0 Å². The van der Waals surface area contributed by atoms with Crippen molar-refractivity contribution in [2.24, 2.45) is 0 Å². The lowest BCUT2D eigenvalue weighted by Gasteiger charge is -2.11. The van der Waals surface area contributed by atoms with Crippen LogP contribution in [0.15, 0.2) is 77.7 Å². The van der Waals surface area contributed by atoms with Gasteiger partial charge in [0.1, 0.15) is 0 Å². The molecule has 0 aliphatic rings. The molecule has 0 atom stereocenters. The molecule has 8 heteroatoms. The summed E-state index contributed by atoms with van der Waals surface area (Å²) in [6.45, 7) is 3.75. The van der Waals surface area contributed by atoms with E-state index in [0.717, 1.165) is 11.1 Å². The van der Waals surface area contributed by atoms with Crippen molar-refractivity contribution in [3.63, 3.8) is 0 Å². The molecule has 0 fully saturated rings. The number of rotatable bonds is 5. The molecule has 0 aliphatic carbocycles. The van der Waals surface area contributed by atoms with Crippen molar-refractivity contribution in [3.05, 3.63) is 95.1 Å². The number of sulfonamides is 1. The van der Waals surface area contributed by atoms with Gasteiger partial charge in [-0.2, -0.15) is 0 Å². The Morgan fingerprint density at radius 1 is 0.700 bits per heavy atom. The van der Waals surface area contributed by atoms with Crippen molar-refractivity contribution in [1.29, 1.82) is 0 Å². The minimum atomic E-state index is -3.75. The molecule has 3 rings (SSSR count). The van der Waals surface area contributed by atoms with E-state index in [1.165, 1.54) is 24.3 Å². The van der Waals surface area contributed by atoms with E-state index in [9.17, 15) is 18.0 Å². The molecule has 0 saturated carbocycles. The lowest BCUT2D eigenvalue weighted by Crippen LogP contribution is -2.41. The normalized spacial score (nSPS) is 10.9. The van der Waals surface area contributed by atoms with E-state index in [-0.39, 0.29) is 10.5 Å². The third kappa shape index (κ3) is 5.03. The first kappa shape index (κ1) is 21.1. The Kier molecular flexibility index (Phi) is 6.17. The number of amides is 2.